The van der Waals surface area contributed by atoms with Gasteiger partial charge in [-0.2, -0.15) is 14.8 Å². The normalized spacial score (nSPS) is 16.5. The van der Waals surface area contributed by atoms with E-state index in [0.717, 1.165) is 0 Å². The van der Waals surface area contributed by atoms with Crippen LogP contribution in [0.5, 0.6) is 0 Å². The summed E-state index contributed by atoms with van der Waals surface area (Å²) in [7, 11) is 2.75. The van der Waals surface area contributed by atoms with Crippen molar-refractivity contribution in [3.8, 4) is 12.1 Å². The van der Waals surface area contributed by atoms with Gasteiger partial charge in [0.15, 0.2) is 5.67 Å². The lowest BCUT2D eigenvalue weighted by atomic mass is 9.88. The molecule has 2 aliphatic rings. The Balaban J connectivity index is 0.000000450. The second-order valence-electron chi connectivity index (χ2n) is 15.3. The van der Waals surface area contributed by atoms with E-state index in [9.17, 15) is 30.7 Å². The number of likely N-dealkylation sites (tertiary alicyclic amines) is 2. The molecule has 4 heterocycles. The minimum Gasteiger partial charge on any atom is -0.444 e. The number of ether oxygens (including phenoxy) is 4. The Morgan fingerprint density at radius 3 is 1.49 bits per heavy atom. The van der Waals surface area contributed by atoms with Gasteiger partial charge < -0.3 is 33.9 Å². The topological polar surface area (TPSA) is 174 Å². The largest absolute Gasteiger partial charge is 0.444 e. The van der Waals surface area contributed by atoms with Crippen molar-refractivity contribution >= 4 is 23.6 Å². The number of nitrogens with zero attached hydrogens (tertiary/aromatic N) is 7. The first-order valence-electron chi connectivity index (χ1n) is 19.7. The first-order valence-corrected chi connectivity index (χ1v) is 20.2. The van der Waals surface area contributed by atoms with Gasteiger partial charge >= 0.3 is 12.2 Å². The summed E-state index contributed by atoms with van der Waals surface area (Å²) < 4.78 is 78.2. The van der Waals surface area contributed by atoms with E-state index in [0.29, 0.717) is 59.7 Å². The molecule has 0 saturated carbocycles. The molecule has 0 radical (unpaired) electrons. The van der Waals surface area contributed by atoms with Crippen LogP contribution in [0.1, 0.15) is 105 Å². The van der Waals surface area contributed by atoms with Crippen LogP contribution in [0.15, 0.2) is 36.7 Å². The van der Waals surface area contributed by atoms with Crippen molar-refractivity contribution in [2.24, 2.45) is 0 Å². The molecule has 59 heavy (non-hydrogen) atoms. The monoisotopic (exact) mass is 860 g/mol. The van der Waals surface area contributed by atoms with Crippen LogP contribution < -0.4 is 0 Å². The van der Waals surface area contributed by atoms with Gasteiger partial charge in [0, 0.05) is 80.1 Å². The Labute approximate surface area is 350 Å². The van der Waals surface area contributed by atoms with Crippen molar-refractivity contribution in [2.45, 2.75) is 104 Å². The number of halogens is 4. The van der Waals surface area contributed by atoms with Gasteiger partial charge in [-0.3, -0.25) is 9.97 Å². The van der Waals surface area contributed by atoms with Crippen LogP contribution in [0.2, 0.25) is 0 Å². The first-order chi connectivity index (χ1) is 27.9. The number of rotatable bonds is 9. The second-order valence-corrected chi connectivity index (χ2v) is 16.6. The van der Waals surface area contributed by atoms with Crippen LogP contribution in [0.3, 0.4) is 0 Å². The van der Waals surface area contributed by atoms with Crippen molar-refractivity contribution in [1.29, 1.82) is 10.5 Å². The molecule has 4 rings (SSSR count). The van der Waals surface area contributed by atoms with Crippen molar-refractivity contribution in [3.05, 3.63) is 59.2 Å². The van der Waals surface area contributed by atoms with E-state index in [-0.39, 0.29) is 58.3 Å². The number of aliphatic hydroxyl groups is 1. The van der Waals surface area contributed by atoms with E-state index in [1.54, 1.807) is 56.9 Å². The van der Waals surface area contributed by atoms with E-state index in [1.807, 2.05) is 32.9 Å². The highest BCUT2D eigenvalue weighted by molar-refractivity contribution is 8.18. The molecular weight excluding hydrogens is 799 g/mol. The highest BCUT2D eigenvalue weighted by Crippen LogP contribution is 2.56. The van der Waals surface area contributed by atoms with E-state index in [1.165, 1.54) is 31.5 Å². The average molecular weight is 861 g/mol. The quantitative estimate of drug-likeness (QED) is 0.239. The third-order valence-corrected chi connectivity index (χ3v) is 9.50. The van der Waals surface area contributed by atoms with E-state index >= 15 is 0 Å². The van der Waals surface area contributed by atoms with Crippen LogP contribution >= 0.6 is 11.4 Å². The maximum Gasteiger partial charge on any atom is 0.410 e. The van der Waals surface area contributed by atoms with Crippen LogP contribution in [0.25, 0.3) is 0 Å². The zero-order valence-corrected chi connectivity index (χ0v) is 36.4. The molecule has 0 aromatic carbocycles. The van der Waals surface area contributed by atoms with E-state index < -0.39 is 39.9 Å². The number of piperidine rings is 2. The second kappa shape index (κ2) is 24.1. The number of hydrogen-bond donors (Lipinski definition) is 1. The minimum atomic E-state index is -5.14. The fraction of sp³-hybridized carbons (Fsp3) is 0.650. The highest BCUT2D eigenvalue weighted by Gasteiger charge is 2.40. The van der Waals surface area contributed by atoms with Crippen LogP contribution in [-0.2, 0) is 30.2 Å². The van der Waals surface area contributed by atoms with Gasteiger partial charge in [0.25, 0.3) is 11.4 Å². The summed E-state index contributed by atoms with van der Waals surface area (Å²) in [6.07, 6.45) is 3.18. The maximum absolute atomic E-state index is 15.0. The summed E-state index contributed by atoms with van der Waals surface area (Å²) in [6, 6.07) is 10.4. The minimum absolute atomic E-state index is 0.0796. The maximum atomic E-state index is 15.0. The van der Waals surface area contributed by atoms with Gasteiger partial charge in [0.2, 0.25) is 0 Å². The van der Waals surface area contributed by atoms with Crippen LogP contribution in [0.4, 0.5) is 25.6 Å². The molecule has 0 atom stereocenters. The number of alkyl halides is 1. The summed E-state index contributed by atoms with van der Waals surface area (Å²) in [5.74, 6) is 0. The van der Waals surface area contributed by atoms with Crippen molar-refractivity contribution in [1.82, 2.24) is 24.1 Å². The molecule has 2 aromatic heterocycles. The van der Waals surface area contributed by atoms with Gasteiger partial charge in [-0.1, -0.05) is 13.8 Å². The number of carbonyl (C=O) groups excluding carboxylic acids is 2. The molecule has 2 fully saturated rings. The molecule has 19 heteroatoms. The molecule has 0 unspecified atom stereocenters. The standard InChI is InChI=1S/C16H20FN3O2.C16H21N3O3.C6H14F3NO2S.C2H6/c1-15(2,3)22-14(21)20-8-6-16(17,7-9-20)13-5-4-12(10-18)11-19-13;1-15(2,3)22-14(20)19-8-6-16(21,7-9-19)13-5-4-12(10-17)11-18-13;1-11-5-3-10(4-6-12-2)13(7,8)9;1-2/h4-5,11H,6-9H2,1-3H3;4-5,11,21H,6-9H2,1-3H3;3-6H2,1-2H3;1-2H3/i;;;1D. The molecule has 2 saturated heterocycles. The lowest BCUT2D eigenvalue weighted by molar-refractivity contribution is -0.0381. The molecular formula is C40H61F4N7O7S. The Bertz CT molecular complexity index is 1550. The summed E-state index contributed by atoms with van der Waals surface area (Å²) in [4.78, 5) is 35.3. The third-order valence-electron chi connectivity index (χ3n) is 8.55. The molecule has 2 amide bonds. The number of carbonyl (C=O) groups is 2. The highest BCUT2D eigenvalue weighted by atomic mass is 32.3. The number of amides is 2. The van der Waals surface area contributed by atoms with Gasteiger partial charge in [0.05, 0.1) is 35.7 Å². The fourth-order valence-corrected chi connectivity index (χ4v) is 6.00. The Kier molecular flexibility index (Phi) is 20.8. The molecule has 2 aliphatic heterocycles. The van der Waals surface area contributed by atoms with Crippen molar-refractivity contribution < 1.29 is 51.1 Å². The van der Waals surface area contributed by atoms with Crippen molar-refractivity contribution in [2.75, 3.05) is 66.7 Å². The Hall–Kier alpha value is -4.27. The van der Waals surface area contributed by atoms with Crippen molar-refractivity contribution in [3.63, 3.8) is 0 Å². The van der Waals surface area contributed by atoms with Gasteiger partial charge in [-0.05, 0) is 78.6 Å². The van der Waals surface area contributed by atoms with Gasteiger partial charge in [-0.25, -0.2) is 14.0 Å². The zero-order valence-electron chi connectivity index (χ0n) is 36.6. The van der Waals surface area contributed by atoms with Crippen LogP contribution in [-0.4, -0.2) is 119 Å². The lowest BCUT2D eigenvalue weighted by Crippen LogP contribution is -2.47. The van der Waals surface area contributed by atoms with E-state index in [2.05, 4.69) is 19.4 Å². The Morgan fingerprint density at radius 2 is 1.19 bits per heavy atom. The fourth-order valence-electron chi connectivity index (χ4n) is 5.43. The first kappa shape index (κ1) is 50.9. The molecule has 1 N–H and O–H groups in total. The lowest BCUT2D eigenvalue weighted by Gasteiger charge is -2.38. The number of methoxy groups -OCH3 is 2. The smallest absolute Gasteiger partial charge is 0.410 e. The van der Waals surface area contributed by atoms with Gasteiger partial charge in [0.1, 0.15) is 28.9 Å². The van der Waals surface area contributed by atoms with Crippen LogP contribution in [0, 0.1) is 22.7 Å². The predicted octanol–water partition coefficient (Wildman–Crippen LogP) is 8.30. The summed E-state index contributed by atoms with van der Waals surface area (Å²) in [5.41, 5.74) is -2.00. The van der Waals surface area contributed by atoms with E-state index in [4.69, 9.17) is 21.4 Å². The SMILES string of the molecule is CC(C)(C)OC(=O)N1CCC(F)(c2ccc(C#N)cn2)CC1.CC(C)(C)OC(=O)N1CCC(O)(c2ccc(C#N)cn2)CC1.COCCN(CCOC)S(F)(F)F.[2H]CC. The number of nitriles is 2. The molecule has 332 valence electrons. The third kappa shape index (κ3) is 18.7. The summed E-state index contributed by atoms with van der Waals surface area (Å²) in [6.45, 7) is 14.5. The summed E-state index contributed by atoms with van der Waals surface area (Å²) in [5, 5.41) is 28.2. The number of hydrogen-bond acceptors (Lipinski definition) is 12. The molecule has 0 spiro atoms. The molecule has 0 aliphatic carbocycles. The predicted molar refractivity (Wildman–Crippen MR) is 216 cm³/mol. The van der Waals surface area contributed by atoms with Gasteiger partial charge in [-0.15, -0.1) is 11.7 Å². The molecule has 14 nitrogen and oxygen atoms in total. The molecule has 2 aromatic rings. The Morgan fingerprint density at radius 1 is 0.814 bits per heavy atom. The summed E-state index contributed by atoms with van der Waals surface area (Å²) >= 11 is -5.14. The number of aromatic nitrogens is 2. The zero-order chi connectivity index (χ0) is 45.8. The molecule has 0 bridgehead atoms. The average Bonchev–Trinajstić information content (AvgIpc) is 3.17. The number of pyridine rings is 2.